The van der Waals surface area contributed by atoms with Crippen molar-refractivity contribution < 1.29 is 4.79 Å². The third-order valence-corrected chi connectivity index (χ3v) is 5.20. The minimum absolute atomic E-state index is 0.129. The zero-order valence-electron chi connectivity index (χ0n) is 12.7. The molecule has 3 rings (SSSR count). The molecule has 0 spiro atoms. The Morgan fingerprint density at radius 3 is 2.76 bits per heavy atom. The first-order valence-corrected chi connectivity index (χ1v) is 8.17. The molecule has 1 aliphatic rings. The van der Waals surface area contributed by atoms with E-state index in [9.17, 15) is 4.79 Å². The number of aromatic nitrogens is 1. The number of carbonyl (C=O) groups is 1. The Bertz CT molecular complexity index is 664. The van der Waals surface area contributed by atoms with Crippen molar-refractivity contribution in [3.05, 3.63) is 51.5 Å². The number of amides is 1. The molecule has 0 N–H and O–H groups in total. The highest BCUT2D eigenvalue weighted by molar-refractivity contribution is 7.13. The van der Waals surface area contributed by atoms with Gasteiger partial charge in [0.15, 0.2) is 0 Å². The molecule has 2 atom stereocenters. The molecule has 0 unspecified atom stereocenters. The summed E-state index contributed by atoms with van der Waals surface area (Å²) in [5.74, 6) is 0.573. The van der Waals surface area contributed by atoms with Crippen molar-refractivity contribution in [2.75, 3.05) is 6.54 Å². The molecule has 0 aliphatic carbocycles. The number of hydrogen-bond donors (Lipinski definition) is 0. The van der Waals surface area contributed by atoms with Gasteiger partial charge in [-0.15, -0.1) is 11.3 Å². The van der Waals surface area contributed by atoms with E-state index in [1.807, 2.05) is 11.8 Å². The Balaban J connectivity index is 1.80. The van der Waals surface area contributed by atoms with Crippen molar-refractivity contribution in [1.29, 1.82) is 0 Å². The summed E-state index contributed by atoms with van der Waals surface area (Å²) in [5, 5.41) is 0.945. The predicted molar refractivity (Wildman–Crippen MR) is 85.9 cm³/mol. The summed E-state index contributed by atoms with van der Waals surface area (Å²) in [6.45, 7) is 7.04. The predicted octanol–water partition coefficient (Wildman–Crippen LogP) is 3.78. The molecule has 1 aliphatic heterocycles. The lowest BCUT2D eigenvalue weighted by Crippen LogP contribution is -2.33. The summed E-state index contributed by atoms with van der Waals surface area (Å²) >= 11 is 1.48. The third kappa shape index (κ3) is 2.72. The second-order valence-electron chi connectivity index (χ2n) is 5.84. The number of rotatable bonds is 2. The molecular weight excluding hydrogens is 280 g/mol. The van der Waals surface area contributed by atoms with Crippen molar-refractivity contribution in [3.8, 4) is 0 Å². The van der Waals surface area contributed by atoms with Gasteiger partial charge in [-0.05, 0) is 38.3 Å². The van der Waals surface area contributed by atoms with Crippen LogP contribution in [0.5, 0.6) is 0 Å². The molecule has 21 heavy (non-hydrogen) atoms. The van der Waals surface area contributed by atoms with E-state index in [0.29, 0.717) is 5.92 Å². The molecule has 1 amide bonds. The number of hydrogen-bond acceptors (Lipinski definition) is 3. The van der Waals surface area contributed by atoms with E-state index >= 15 is 0 Å². The van der Waals surface area contributed by atoms with Crippen LogP contribution in [-0.4, -0.2) is 28.4 Å². The van der Waals surface area contributed by atoms with Crippen LogP contribution in [0.2, 0.25) is 0 Å². The molecule has 0 saturated carbocycles. The maximum Gasteiger partial charge on any atom is 0.265 e. The van der Waals surface area contributed by atoms with E-state index in [4.69, 9.17) is 0 Å². The Morgan fingerprint density at radius 2 is 2.10 bits per heavy atom. The van der Waals surface area contributed by atoms with Crippen LogP contribution >= 0.6 is 11.3 Å². The highest BCUT2D eigenvalue weighted by Gasteiger charge is 2.34. The van der Waals surface area contributed by atoms with Crippen LogP contribution in [0.1, 0.15) is 45.1 Å². The smallest absolute Gasteiger partial charge is 0.265 e. The van der Waals surface area contributed by atoms with E-state index in [1.54, 1.807) is 6.20 Å². The van der Waals surface area contributed by atoms with Gasteiger partial charge in [0.2, 0.25) is 0 Å². The van der Waals surface area contributed by atoms with Gasteiger partial charge in [0, 0.05) is 18.5 Å². The molecule has 1 fully saturated rings. The van der Waals surface area contributed by atoms with Gasteiger partial charge < -0.3 is 4.90 Å². The van der Waals surface area contributed by atoms with Crippen LogP contribution in [0.4, 0.5) is 0 Å². The first-order chi connectivity index (χ1) is 10.1. The minimum atomic E-state index is 0.129. The summed E-state index contributed by atoms with van der Waals surface area (Å²) < 4.78 is 0. The Kier molecular flexibility index (Phi) is 3.81. The Morgan fingerprint density at radius 1 is 1.33 bits per heavy atom. The van der Waals surface area contributed by atoms with Gasteiger partial charge in [0.05, 0.1) is 11.2 Å². The lowest BCUT2D eigenvalue weighted by Gasteiger charge is -2.20. The van der Waals surface area contributed by atoms with E-state index in [-0.39, 0.29) is 11.9 Å². The number of benzene rings is 1. The van der Waals surface area contributed by atoms with Gasteiger partial charge in [0.25, 0.3) is 5.91 Å². The molecule has 2 heterocycles. The second kappa shape index (κ2) is 5.60. The fourth-order valence-corrected chi connectivity index (χ4v) is 3.92. The Labute approximate surface area is 129 Å². The van der Waals surface area contributed by atoms with Crippen molar-refractivity contribution in [1.82, 2.24) is 9.88 Å². The first kappa shape index (κ1) is 14.3. The van der Waals surface area contributed by atoms with Gasteiger partial charge in [-0.25, -0.2) is 4.98 Å². The quantitative estimate of drug-likeness (QED) is 0.845. The van der Waals surface area contributed by atoms with Crippen molar-refractivity contribution in [2.24, 2.45) is 0 Å². The summed E-state index contributed by atoms with van der Waals surface area (Å²) in [4.78, 5) is 19.6. The van der Waals surface area contributed by atoms with Crippen LogP contribution in [0.15, 0.2) is 30.5 Å². The molecule has 0 bridgehead atoms. The summed E-state index contributed by atoms with van der Waals surface area (Å²) in [5.41, 5.74) is 2.69. The van der Waals surface area contributed by atoms with Crippen LogP contribution in [0.25, 0.3) is 0 Å². The van der Waals surface area contributed by atoms with Crippen LogP contribution < -0.4 is 0 Å². The number of nitrogens with zero attached hydrogens (tertiary/aromatic N) is 2. The standard InChI is InChI=1S/C17H20N2OS/c1-11-6-4-5-7-15(11)14-8-12(2)19(10-14)17(20)16-9-18-13(3)21-16/h4-7,9,12,14H,8,10H2,1-3H3/t12-,14+/m1/s1. The fraction of sp³-hybridized carbons (Fsp3) is 0.412. The number of aryl methyl sites for hydroxylation is 2. The van der Waals surface area contributed by atoms with E-state index in [1.165, 1.54) is 22.5 Å². The molecule has 1 aromatic heterocycles. The van der Waals surface area contributed by atoms with Gasteiger partial charge in [0.1, 0.15) is 4.88 Å². The van der Waals surface area contributed by atoms with Gasteiger partial charge >= 0.3 is 0 Å². The molecule has 1 aromatic carbocycles. The monoisotopic (exact) mass is 300 g/mol. The summed E-state index contributed by atoms with van der Waals surface area (Å²) in [6.07, 6.45) is 2.74. The molecule has 1 saturated heterocycles. The lowest BCUT2D eigenvalue weighted by atomic mass is 9.93. The Hall–Kier alpha value is -1.68. The zero-order chi connectivity index (χ0) is 15.0. The maximum atomic E-state index is 12.6. The number of likely N-dealkylation sites (tertiary alicyclic amines) is 1. The number of carbonyl (C=O) groups excluding carboxylic acids is 1. The topological polar surface area (TPSA) is 33.2 Å². The maximum absolute atomic E-state index is 12.6. The van der Waals surface area contributed by atoms with Gasteiger partial charge in [-0.1, -0.05) is 24.3 Å². The van der Waals surface area contributed by atoms with Crippen molar-refractivity contribution >= 4 is 17.2 Å². The average molecular weight is 300 g/mol. The largest absolute Gasteiger partial charge is 0.335 e. The molecular formula is C17H20N2OS. The average Bonchev–Trinajstić information content (AvgIpc) is 3.05. The van der Waals surface area contributed by atoms with E-state index < -0.39 is 0 Å². The van der Waals surface area contributed by atoms with Crippen LogP contribution in [-0.2, 0) is 0 Å². The number of thiazole rings is 1. The van der Waals surface area contributed by atoms with Crippen molar-refractivity contribution in [3.63, 3.8) is 0 Å². The molecule has 4 heteroatoms. The second-order valence-corrected chi connectivity index (χ2v) is 7.07. The first-order valence-electron chi connectivity index (χ1n) is 7.35. The van der Waals surface area contributed by atoms with E-state index in [2.05, 4.69) is 43.1 Å². The van der Waals surface area contributed by atoms with Crippen LogP contribution in [0.3, 0.4) is 0 Å². The van der Waals surface area contributed by atoms with Crippen molar-refractivity contribution in [2.45, 2.75) is 39.2 Å². The SMILES string of the molecule is Cc1ncc(C(=O)N2C[C@@H](c3ccccc3C)C[C@H]2C)s1. The highest BCUT2D eigenvalue weighted by Crippen LogP contribution is 2.34. The zero-order valence-corrected chi connectivity index (χ0v) is 13.5. The third-order valence-electron chi connectivity index (χ3n) is 4.30. The lowest BCUT2D eigenvalue weighted by molar-refractivity contribution is 0.0750. The molecule has 0 radical (unpaired) electrons. The summed E-state index contributed by atoms with van der Waals surface area (Å²) in [7, 11) is 0. The highest BCUT2D eigenvalue weighted by atomic mass is 32.1. The van der Waals surface area contributed by atoms with E-state index in [0.717, 1.165) is 22.9 Å². The normalized spacial score (nSPS) is 21.8. The molecule has 2 aromatic rings. The van der Waals surface area contributed by atoms with Crippen LogP contribution in [0, 0.1) is 13.8 Å². The summed E-state index contributed by atoms with van der Waals surface area (Å²) in [6, 6.07) is 8.78. The molecule has 3 nitrogen and oxygen atoms in total. The van der Waals surface area contributed by atoms with Gasteiger partial charge in [-0.2, -0.15) is 0 Å². The van der Waals surface area contributed by atoms with Gasteiger partial charge in [-0.3, -0.25) is 4.79 Å². The fourth-order valence-electron chi connectivity index (χ4n) is 3.19. The minimum Gasteiger partial charge on any atom is -0.335 e. The molecule has 110 valence electrons.